The minimum atomic E-state index is 0.103. The van der Waals surface area contributed by atoms with Crippen molar-refractivity contribution in [2.24, 2.45) is 5.92 Å². The van der Waals surface area contributed by atoms with Crippen molar-refractivity contribution in [3.8, 4) is 0 Å². The maximum Gasteiger partial charge on any atom is 0.270 e. The molecule has 0 radical (unpaired) electrons. The highest BCUT2D eigenvalue weighted by molar-refractivity contribution is 5.92. The van der Waals surface area contributed by atoms with Gasteiger partial charge in [0, 0.05) is 32.4 Å². The average molecular weight is 368 g/mol. The van der Waals surface area contributed by atoms with E-state index in [0.717, 1.165) is 38.2 Å². The number of carbonyl (C=O) groups is 1. The molecule has 1 aromatic heterocycles. The molecule has 0 spiro atoms. The van der Waals surface area contributed by atoms with Crippen LogP contribution in [-0.2, 0) is 12.8 Å². The van der Waals surface area contributed by atoms with E-state index in [2.05, 4.69) is 48.0 Å². The molecule has 1 N–H and O–H groups in total. The van der Waals surface area contributed by atoms with E-state index in [1.165, 1.54) is 30.5 Å². The minimum Gasteiger partial charge on any atom is -0.354 e. The lowest BCUT2D eigenvalue weighted by Crippen LogP contribution is -2.42. The lowest BCUT2D eigenvalue weighted by molar-refractivity contribution is 0.0725. The standard InChI is InChI=1S/C23H33N3O/c1-4-21-11-12-22(24-21)23(27)25(3)16-19-9-7-14-26(17-19)15-13-20-10-6-5-8-18(20)2/h5-6,8,10-12,19,24H,4,7,9,13-17H2,1-3H3/t19-/m1/s1. The van der Waals surface area contributed by atoms with Crippen molar-refractivity contribution in [2.75, 3.05) is 33.2 Å². The van der Waals surface area contributed by atoms with Crippen LogP contribution in [0.4, 0.5) is 0 Å². The fraction of sp³-hybridized carbons (Fsp3) is 0.522. The molecule has 0 aliphatic carbocycles. The first-order chi connectivity index (χ1) is 13.1. The Bertz CT molecular complexity index is 752. The second-order valence-corrected chi connectivity index (χ2v) is 7.92. The maximum absolute atomic E-state index is 12.7. The second kappa shape index (κ2) is 9.23. The molecule has 0 bridgehead atoms. The van der Waals surface area contributed by atoms with Crippen LogP contribution in [0.1, 0.15) is 47.1 Å². The zero-order valence-corrected chi connectivity index (χ0v) is 17.0. The number of piperidine rings is 1. The van der Waals surface area contributed by atoms with Gasteiger partial charge in [-0.15, -0.1) is 0 Å². The Morgan fingerprint density at radius 1 is 1.26 bits per heavy atom. The van der Waals surface area contributed by atoms with E-state index in [4.69, 9.17) is 0 Å². The number of benzene rings is 1. The number of hydrogen-bond donors (Lipinski definition) is 1. The first-order valence-electron chi connectivity index (χ1n) is 10.3. The third-order valence-corrected chi connectivity index (χ3v) is 5.80. The molecule has 1 atom stereocenters. The first-order valence-corrected chi connectivity index (χ1v) is 10.3. The van der Waals surface area contributed by atoms with Crippen LogP contribution in [0.2, 0.25) is 0 Å². The quantitative estimate of drug-likeness (QED) is 0.806. The van der Waals surface area contributed by atoms with Crippen LogP contribution in [0.15, 0.2) is 36.4 Å². The predicted molar refractivity (Wildman–Crippen MR) is 111 cm³/mol. The summed E-state index contributed by atoms with van der Waals surface area (Å²) in [7, 11) is 1.93. The number of hydrogen-bond acceptors (Lipinski definition) is 2. The van der Waals surface area contributed by atoms with Crippen molar-refractivity contribution >= 4 is 5.91 Å². The number of H-pyrrole nitrogens is 1. The summed E-state index contributed by atoms with van der Waals surface area (Å²) in [6, 6.07) is 12.6. The molecule has 3 rings (SSSR count). The van der Waals surface area contributed by atoms with Crippen LogP contribution >= 0.6 is 0 Å². The van der Waals surface area contributed by atoms with Gasteiger partial charge in [-0.25, -0.2) is 0 Å². The summed E-state index contributed by atoms with van der Waals surface area (Å²) < 4.78 is 0. The number of aromatic nitrogens is 1. The maximum atomic E-state index is 12.7. The highest BCUT2D eigenvalue weighted by atomic mass is 16.2. The Morgan fingerprint density at radius 3 is 2.81 bits per heavy atom. The SMILES string of the molecule is CCc1ccc(C(=O)N(C)C[C@H]2CCCN(CCc3ccccc3C)C2)[nH]1. The molecule has 1 aliphatic rings. The Kier molecular flexibility index (Phi) is 6.73. The van der Waals surface area contributed by atoms with Crippen molar-refractivity contribution in [1.82, 2.24) is 14.8 Å². The zero-order valence-electron chi connectivity index (χ0n) is 17.0. The molecule has 27 heavy (non-hydrogen) atoms. The summed E-state index contributed by atoms with van der Waals surface area (Å²) in [5.41, 5.74) is 4.66. The van der Waals surface area contributed by atoms with E-state index in [9.17, 15) is 4.79 Å². The molecule has 4 heteroatoms. The largest absolute Gasteiger partial charge is 0.354 e. The van der Waals surface area contributed by atoms with Crippen LogP contribution in [-0.4, -0.2) is 53.9 Å². The van der Waals surface area contributed by atoms with Crippen LogP contribution < -0.4 is 0 Å². The van der Waals surface area contributed by atoms with Gasteiger partial charge in [-0.2, -0.15) is 0 Å². The molecule has 2 heterocycles. The van der Waals surface area contributed by atoms with Crippen LogP contribution in [0.25, 0.3) is 0 Å². The third kappa shape index (κ3) is 5.23. The van der Waals surface area contributed by atoms with Crippen molar-refractivity contribution in [2.45, 2.75) is 39.5 Å². The molecule has 1 aliphatic heterocycles. The van der Waals surface area contributed by atoms with Gasteiger partial charge in [0.2, 0.25) is 0 Å². The van der Waals surface area contributed by atoms with E-state index in [1.807, 2.05) is 24.1 Å². The molecule has 1 fully saturated rings. The number of nitrogens with zero attached hydrogens (tertiary/aromatic N) is 2. The molecule has 0 unspecified atom stereocenters. The monoisotopic (exact) mass is 367 g/mol. The summed E-state index contributed by atoms with van der Waals surface area (Å²) in [4.78, 5) is 20.4. The molecule has 1 saturated heterocycles. The lowest BCUT2D eigenvalue weighted by Gasteiger charge is -2.34. The third-order valence-electron chi connectivity index (χ3n) is 5.80. The molecule has 1 aromatic carbocycles. The van der Waals surface area contributed by atoms with Gasteiger partial charge >= 0.3 is 0 Å². The second-order valence-electron chi connectivity index (χ2n) is 7.92. The first kappa shape index (κ1) is 19.7. The van der Waals surface area contributed by atoms with Crippen molar-refractivity contribution < 1.29 is 4.79 Å². The smallest absolute Gasteiger partial charge is 0.270 e. The number of aromatic amines is 1. The fourth-order valence-electron chi connectivity index (χ4n) is 4.12. The number of carbonyl (C=O) groups excluding carboxylic acids is 1. The number of aryl methyl sites for hydroxylation is 2. The summed E-state index contributed by atoms with van der Waals surface area (Å²) >= 11 is 0. The average Bonchev–Trinajstić information content (AvgIpc) is 3.16. The highest BCUT2D eigenvalue weighted by Gasteiger charge is 2.23. The zero-order chi connectivity index (χ0) is 19.2. The summed E-state index contributed by atoms with van der Waals surface area (Å²) in [5, 5.41) is 0. The molecule has 2 aromatic rings. The number of rotatable bonds is 7. The van der Waals surface area contributed by atoms with Gasteiger partial charge in [0.25, 0.3) is 5.91 Å². The fourth-order valence-corrected chi connectivity index (χ4v) is 4.12. The molecule has 0 saturated carbocycles. The topological polar surface area (TPSA) is 39.3 Å². The van der Waals surface area contributed by atoms with Gasteiger partial charge in [0.05, 0.1) is 0 Å². The number of nitrogens with one attached hydrogen (secondary N) is 1. The van der Waals surface area contributed by atoms with Gasteiger partial charge in [-0.3, -0.25) is 4.79 Å². The number of likely N-dealkylation sites (tertiary alicyclic amines) is 1. The molecular formula is C23H33N3O. The van der Waals surface area contributed by atoms with Crippen LogP contribution in [0, 0.1) is 12.8 Å². The Hall–Kier alpha value is -2.07. The van der Waals surface area contributed by atoms with E-state index in [-0.39, 0.29) is 5.91 Å². The van der Waals surface area contributed by atoms with E-state index in [1.54, 1.807) is 0 Å². The Morgan fingerprint density at radius 2 is 2.07 bits per heavy atom. The van der Waals surface area contributed by atoms with Crippen molar-refractivity contribution in [3.63, 3.8) is 0 Å². The number of amides is 1. The molecule has 4 nitrogen and oxygen atoms in total. The van der Waals surface area contributed by atoms with E-state index in [0.29, 0.717) is 11.6 Å². The summed E-state index contributed by atoms with van der Waals surface area (Å²) in [6.45, 7) is 8.50. The molecule has 146 valence electrons. The van der Waals surface area contributed by atoms with Crippen LogP contribution in [0.3, 0.4) is 0 Å². The lowest BCUT2D eigenvalue weighted by atomic mass is 9.96. The van der Waals surface area contributed by atoms with Gasteiger partial charge in [0.1, 0.15) is 5.69 Å². The van der Waals surface area contributed by atoms with Gasteiger partial charge in [-0.1, -0.05) is 31.2 Å². The Balaban J connectivity index is 1.50. The Labute approximate surface area is 163 Å². The minimum absolute atomic E-state index is 0.103. The van der Waals surface area contributed by atoms with Crippen LogP contribution in [0.5, 0.6) is 0 Å². The highest BCUT2D eigenvalue weighted by Crippen LogP contribution is 2.19. The predicted octanol–water partition coefficient (Wildman–Crippen LogP) is 3.91. The van der Waals surface area contributed by atoms with E-state index < -0.39 is 0 Å². The molecular weight excluding hydrogens is 334 g/mol. The van der Waals surface area contributed by atoms with Gasteiger partial charge in [-0.05, 0) is 68.3 Å². The van der Waals surface area contributed by atoms with Crippen molar-refractivity contribution in [1.29, 1.82) is 0 Å². The van der Waals surface area contributed by atoms with Crippen molar-refractivity contribution in [3.05, 3.63) is 58.9 Å². The summed E-state index contributed by atoms with van der Waals surface area (Å²) in [5.74, 6) is 0.664. The normalized spacial score (nSPS) is 17.8. The summed E-state index contributed by atoms with van der Waals surface area (Å²) in [6.07, 6.45) is 4.47. The van der Waals surface area contributed by atoms with Gasteiger partial charge < -0.3 is 14.8 Å². The van der Waals surface area contributed by atoms with E-state index >= 15 is 0 Å². The van der Waals surface area contributed by atoms with Gasteiger partial charge in [0.15, 0.2) is 0 Å². The molecule has 1 amide bonds.